The van der Waals surface area contributed by atoms with Gasteiger partial charge in [-0.25, -0.2) is 8.42 Å². The lowest BCUT2D eigenvalue weighted by atomic mass is 10.1. The first-order valence-electron chi connectivity index (χ1n) is 6.61. The Morgan fingerprint density at radius 3 is 2.57 bits per heavy atom. The number of benzene rings is 1. The van der Waals surface area contributed by atoms with Gasteiger partial charge in [-0.2, -0.15) is 13.1 Å². The van der Waals surface area contributed by atoms with Gasteiger partial charge in [-0.3, -0.25) is 9.03 Å². The fourth-order valence-corrected chi connectivity index (χ4v) is 4.15. The van der Waals surface area contributed by atoms with E-state index in [2.05, 4.69) is 9.44 Å². The van der Waals surface area contributed by atoms with Gasteiger partial charge in [0, 0.05) is 13.1 Å². The van der Waals surface area contributed by atoms with Crippen molar-refractivity contribution in [3.63, 3.8) is 0 Å². The monoisotopic (exact) mass is 333 g/mol. The fourth-order valence-electron chi connectivity index (χ4n) is 2.21. The van der Waals surface area contributed by atoms with Crippen LogP contribution >= 0.6 is 0 Å². The summed E-state index contributed by atoms with van der Waals surface area (Å²) < 4.78 is 52.9. The normalized spacial score (nSPS) is 15.0. The van der Waals surface area contributed by atoms with E-state index in [1.165, 1.54) is 4.31 Å². The summed E-state index contributed by atoms with van der Waals surface area (Å²) in [4.78, 5) is 0. The summed E-state index contributed by atoms with van der Waals surface area (Å²) >= 11 is 0. The molecule has 0 saturated carbocycles. The molecule has 0 aromatic heterocycles. The number of sulfonamides is 1. The van der Waals surface area contributed by atoms with Gasteiger partial charge in [-0.1, -0.05) is 6.92 Å². The van der Waals surface area contributed by atoms with Gasteiger partial charge in [-0.05, 0) is 36.6 Å². The largest absolute Gasteiger partial charge is 0.299 e. The number of hydrogen-bond donors (Lipinski definition) is 2. The molecule has 0 fully saturated rings. The molecule has 0 aliphatic carbocycles. The van der Waals surface area contributed by atoms with E-state index in [1.807, 2.05) is 6.92 Å². The molecular weight excluding hydrogens is 314 g/mol. The molecular formula is C12H19N3O4S2. The summed E-state index contributed by atoms with van der Waals surface area (Å²) in [6, 6.07) is 4.86. The minimum Gasteiger partial charge on any atom is -0.271 e. The van der Waals surface area contributed by atoms with Crippen LogP contribution in [0.4, 0.5) is 11.4 Å². The molecule has 1 aromatic rings. The molecule has 0 atom stereocenters. The molecule has 0 amide bonds. The molecule has 0 bridgehead atoms. The van der Waals surface area contributed by atoms with E-state index in [0.29, 0.717) is 37.3 Å². The highest BCUT2D eigenvalue weighted by Gasteiger charge is 2.26. The summed E-state index contributed by atoms with van der Waals surface area (Å²) in [6.07, 6.45) is 2.43. The maximum atomic E-state index is 11.8. The lowest BCUT2D eigenvalue weighted by Crippen LogP contribution is -2.30. The number of rotatable bonds is 6. The molecule has 1 heterocycles. The molecule has 0 spiro atoms. The molecule has 2 N–H and O–H groups in total. The van der Waals surface area contributed by atoms with E-state index < -0.39 is 20.2 Å². The summed E-state index contributed by atoms with van der Waals surface area (Å²) in [6.45, 7) is 2.62. The summed E-state index contributed by atoms with van der Waals surface area (Å²) in [5.74, 6) is 0. The highest BCUT2D eigenvalue weighted by atomic mass is 32.2. The third-order valence-electron chi connectivity index (χ3n) is 3.13. The zero-order chi connectivity index (χ0) is 15.7. The predicted octanol–water partition coefficient (Wildman–Crippen LogP) is 0.665. The average Bonchev–Trinajstić information content (AvgIpc) is 2.78. The van der Waals surface area contributed by atoms with Crippen molar-refractivity contribution in [1.29, 1.82) is 0 Å². The first kappa shape index (κ1) is 16.1. The lowest BCUT2D eigenvalue weighted by molar-refractivity contribution is 0.586. The minimum absolute atomic E-state index is 0.363. The number of hydrogen-bond acceptors (Lipinski definition) is 4. The Labute approximate surface area is 125 Å². The van der Waals surface area contributed by atoms with Crippen molar-refractivity contribution in [3.8, 4) is 0 Å². The van der Waals surface area contributed by atoms with Gasteiger partial charge in [0.15, 0.2) is 0 Å². The Kier molecular flexibility index (Phi) is 4.45. The third kappa shape index (κ3) is 3.86. The van der Waals surface area contributed by atoms with Gasteiger partial charge in [0.05, 0.1) is 17.6 Å². The molecule has 21 heavy (non-hydrogen) atoms. The molecule has 9 heteroatoms. The highest BCUT2D eigenvalue weighted by molar-refractivity contribution is 7.92. The van der Waals surface area contributed by atoms with Crippen molar-refractivity contribution in [2.45, 2.75) is 19.8 Å². The van der Waals surface area contributed by atoms with E-state index >= 15 is 0 Å². The van der Waals surface area contributed by atoms with Crippen LogP contribution in [0.5, 0.6) is 0 Å². The van der Waals surface area contributed by atoms with Crippen molar-refractivity contribution < 1.29 is 16.8 Å². The first-order valence-corrected chi connectivity index (χ1v) is 9.94. The zero-order valence-corrected chi connectivity index (χ0v) is 13.6. The smallest absolute Gasteiger partial charge is 0.271 e. The topological polar surface area (TPSA) is 95.6 Å². The second kappa shape index (κ2) is 5.82. The Bertz CT molecular complexity index is 729. The average molecular weight is 333 g/mol. The second-order valence-corrected chi connectivity index (χ2v) is 8.33. The Morgan fingerprint density at radius 2 is 1.95 bits per heavy atom. The van der Waals surface area contributed by atoms with Crippen molar-refractivity contribution in [3.05, 3.63) is 23.8 Å². The molecule has 1 aromatic carbocycles. The standard InChI is InChI=1S/C12H19N3O4S2/c1-3-7-13-21(18,19)14-11-4-5-12-10(9-11)6-8-15(12)20(2,16)17/h4-5,9,13-14H,3,6-8H2,1-2H3. The van der Waals surface area contributed by atoms with Crippen LogP contribution in [0, 0.1) is 0 Å². The molecule has 0 unspecified atom stereocenters. The number of fused-ring (bicyclic) bond motifs is 1. The van der Waals surface area contributed by atoms with E-state index in [0.717, 1.165) is 11.8 Å². The minimum atomic E-state index is -3.59. The zero-order valence-electron chi connectivity index (χ0n) is 12.0. The van der Waals surface area contributed by atoms with Crippen LogP contribution < -0.4 is 13.7 Å². The van der Waals surface area contributed by atoms with Crippen molar-refractivity contribution in [2.75, 3.05) is 28.4 Å². The van der Waals surface area contributed by atoms with Gasteiger partial charge >= 0.3 is 0 Å². The molecule has 1 aliphatic rings. The van der Waals surface area contributed by atoms with Crippen molar-refractivity contribution >= 4 is 31.6 Å². The van der Waals surface area contributed by atoms with E-state index in [9.17, 15) is 16.8 Å². The van der Waals surface area contributed by atoms with Crippen LogP contribution in [0.15, 0.2) is 18.2 Å². The lowest BCUT2D eigenvalue weighted by Gasteiger charge is -2.16. The quantitative estimate of drug-likeness (QED) is 0.799. The second-order valence-electron chi connectivity index (χ2n) is 4.93. The van der Waals surface area contributed by atoms with Crippen LogP contribution in [0.1, 0.15) is 18.9 Å². The van der Waals surface area contributed by atoms with Crippen LogP contribution in [0.25, 0.3) is 0 Å². The van der Waals surface area contributed by atoms with Gasteiger partial charge in [-0.15, -0.1) is 0 Å². The van der Waals surface area contributed by atoms with E-state index in [1.54, 1.807) is 18.2 Å². The maximum Gasteiger partial charge on any atom is 0.299 e. The molecule has 2 rings (SSSR count). The number of nitrogens with zero attached hydrogens (tertiary/aromatic N) is 1. The summed E-state index contributed by atoms with van der Waals surface area (Å²) in [5, 5.41) is 0. The maximum absolute atomic E-state index is 11.8. The highest BCUT2D eigenvalue weighted by Crippen LogP contribution is 2.32. The van der Waals surface area contributed by atoms with Crippen LogP contribution in [0.2, 0.25) is 0 Å². The summed E-state index contributed by atoms with van der Waals surface area (Å²) in [7, 11) is -6.88. The molecule has 7 nitrogen and oxygen atoms in total. The van der Waals surface area contributed by atoms with E-state index in [-0.39, 0.29) is 0 Å². The van der Waals surface area contributed by atoms with E-state index in [4.69, 9.17) is 0 Å². The summed E-state index contributed by atoms with van der Waals surface area (Å²) in [5.41, 5.74) is 1.85. The Balaban J connectivity index is 2.20. The van der Waals surface area contributed by atoms with Crippen LogP contribution in [0.3, 0.4) is 0 Å². The van der Waals surface area contributed by atoms with Crippen molar-refractivity contribution in [1.82, 2.24) is 4.72 Å². The van der Waals surface area contributed by atoms with Gasteiger partial charge in [0.25, 0.3) is 10.2 Å². The first-order chi connectivity index (χ1) is 9.73. The Hall–Kier alpha value is -1.32. The molecule has 1 aliphatic heterocycles. The number of anilines is 2. The molecule has 0 radical (unpaired) electrons. The fraction of sp³-hybridized carbons (Fsp3) is 0.500. The molecule has 118 valence electrons. The van der Waals surface area contributed by atoms with Crippen molar-refractivity contribution in [2.24, 2.45) is 0 Å². The third-order valence-corrected chi connectivity index (χ3v) is 5.40. The van der Waals surface area contributed by atoms with Gasteiger partial charge in [0.1, 0.15) is 0 Å². The number of nitrogens with one attached hydrogen (secondary N) is 2. The van der Waals surface area contributed by atoms with Gasteiger partial charge in [0.2, 0.25) is 10.0 Å². The molecule has 0 saturated heterocycles. The SMILES string of the molecule is CCCNS(=O)(=O)Nc1ccc2c(c1)CCN2S(C)(=O)=O. The predicted molar refractivity (Wildman–Crippen MR) is 83.2 cm³/mol. The van der Waals surface area contributed by atoms with Crippen LogP contribution in [-0.2, 0) is 26.7 Å². The Morgan fingerprint density at radius 1 is 1.24 bits per heavy atom. The van der Waals surface area contributed by atoms with Crippen LogP contribution in [-0.4, -0.2) is 36.2 Å². The van der Waals surface area contributed by atoms with Gasteiger partial charge < -0.3 is 0 Å².